The zero-order valence-electron chi connectivity index (χ0n) is 16.5. The number of nitrogens with zero attached hydrogens (tertiary/aromatic N) is 2. The molecule has 2 aliphatic rings. The van der Waals surface area contributed by atoms with Crippen LogP contribution in [0.2, 0.25) is 0 Å². The van der Waals surface area contributed by atoms with E-state index in [-0.39, 0.29) is 22.4 Å². The van der Waals surface area contributed by atoms with Crippen molar-refractivity contribution in [3.8, 4) is 0 Å². The molecule has 30 heavy (non-hydrogen) atoms. The summed E-state index contributed by atoms with van der Waals surface area (Å²) in [6.45, 7) is 4.56. The van der Waals surface area contributed by atoms with Crippen LogP contribution in [0.3, 0.4) is 0 Å². The Morgan fingerprint density at radius 3 is 2.63 bits per heavy atom. The number of anilines is 1. The van der Waals surface area contributed by atoms with Gasteiger partial charge in [0.1, 0.15) is 23.8 Å². The number of benzene rings is 1. The predicted molar refractivity (Wildman–Crippen MR) is 109 cm³/mol. The number of thioether (sulfide) groups is 1. The lowest BCUT2D eigenvalue weighted by Crippen LogP contribution is -2.39. The molecular formula is C18H21F2N3O5S2. The molecule has 0 aliphatic carbocycles. The molecular weight excluding hydrogens is 440 g/mol. The first-order valence-corrected chi connectivity index (χ1v) is 11.7. The maximum atomic E-state index is 14.4. The van der Waals surface area contributed by atoms with Crippen LogP contribution in [0.5, 0.6) is 0 Å². The standard InChI is InChI=1S/C18H21F2N3O5S2/c1-18(2,3)28-17(25)21-7-15(24)22-16-23(12-5-4-10(19)6-11(12)20)13-8-30(26,27)9-14(13)29-16/h4-6,13-14H,7-9H2,1-3H3,(H,21,25)/t13-,14-/m1/s1. The van der Waals surface area contributed by atoms with Crippen LogP contribution in [-0.2, 0) is 19.4 Å². The largest absolute Gasteiger partial charge is 0.444 e. The number of ether oxygens (including phenoxy) is 1. The van der Waals surface area contributed by atoms with E-state index >= 15 is 0 Å². The van der Waals surface area contributed by atoms with Crippen LogP contribution in [0.4, 0.5) is 19.3 Å². The molecule has 3 rings (SSSR count). The van der Waals surface area contributed by atoms with E-state index in [1.807, 2.05) is 0 Å². The molecule has 0 bridgehead atoms. The van der Waals surface area contributed by atoms with Gasteiger partial charge in [0.15, 0.2) is 15.0 Å². The minimum Gasteiger partial charge on any atom is -0.444 e. The van der Waals surface area contributed by atoms with E-state index in [2.05, 4.69) is 10.3 Å². The molecule has 2 saturated heterocycles. The van der Waals surface area contributed by atoms with Gasteiger partial charge in [0.05, 0.1) is 23.2 Å². The summed E-state index contributed by atoms with van der Waals surface area (Å²) in [6, 6.07) is 2.27. The number of alkyl carbamates (subject to hydrolysis) is 1. The Balaban J connectivity index is 1.82. The lowest BCUT2D eigenvalue weighted by molar-refractivity contribution is -0.117. The van der Waals surface area contributed by atoms with Crippen molar-refractivity contribution in [1.29, 1.82) is 0 Å². The van der Waals surface area contributed by atoms with Gasteiger partial charge in [-0.05, 0) is 32.9 Å². The third-order valence-electron chi connectivity index (χ3n) is 4.24. The van der Waals surface area contributed by atoms with Gasteiger partial charge in [-0.3, -0.25) is 4.79 Å². The molecule has 8 nitrogen and oxygen atoms in total. The number of carbonyl (C=O) groups is 2. The molecule has 2 amide bonds. The summed E-state index contributed by atoms with van der Waals surface area (Å²) in [6.07, 6.45) is -0.792. The Bertz CT molecular complexity index is 1010. The van der Waals surface area contributed by atoms with E-state index in [1.54, 1.807) is 20.8 Å². The Morgan fingerprint density at radius 2 is 2.00 bits per heavy atom. The number of hydrogen-bond acceptors (Lipinski definition) is 6. The summed E-state index contributed by atoms with van der Waals surface area (Å²) >= 11 is 1.04. The third-order valence-corrected chi connectivity index (χ3v) is 7.45. The van der Waals surface area contributed by atoms with Gasteiger partial charge in [-0.2, -0.15) is 4.99 Å². The van der Waals surface area contributed by atoms with Gasteiger partial charge in [-0.1, -0.05) is 11.8 Å². The fraction of sp³-hybridized carbons (Fsp3) is 0.500. The van der Waals surface area contributed by atoms with Gasteiger partial charge in [-0.15, -0.1) is 0 Å². The molecule has 0 radical (unpaired) electrons. The first-order chi connectivity index (χ1) is 13.8. The summed E-state index contributed by atoms with van der Waals surface area (Å²) in [4.78, 5) is 29.2. The Labute approximate surface area is 177 Å². The summed E-state index contributed by atoms with van der Waals surface area (Å²) < 4.78 is 56.8. The number of amides is 2. The quantitative estimate of drug-likeness (QED) is 0.735. The average Bonchev–Trinajstić information content (AvgIpc) is 3.03. The number of sulfone groups is 1. The van der Waals surface area contributed by atoms with Gasteiger partial charge in [0, 0.05) is 11.3 Å². The number of rotatable bonds is 3. The van der Waals surface area contributed by atoms with Crippen molar-refractivity contribution < 1.29 is 31.5 Å². The highest BCUT2D eigenvalue weighted by Gasteiger charge is 2.50. The SMILES string of the molecule is CC(C)(C)OC(=O)NCC(=O)N=C1S[C@@H]2CS(=O)(=O)C[C@H]2N1c1ccc(F)cc1F. The first-order valence-electron chi connectivity index (χ1n) is 9.04. The second-order valence-corrected chi connectivity index (χ2v) is 11.3. The van der Waals surface area contributed by atoms with E-state index in [4.69, 9.17) is 4.74 Å². The highest BCUT2D eigenvalue weighted by atomic mass is 32.2. The van der Waals surface area contributed by atoms with Crippen molar-refractivity contribution in [2.75, 3.05) is 23.0 Å². The molecule has 0 aromatic heterocycles. The van der Waals surface area contributed by atoms with E-state index in [9.17, 15) is 26.8 Å². The van der Waals surface area contributed by atoms with E-state index in [0.29, 0.717) is 6.07 Å². The molecule has 12 heteroatoms. The average molecular weight is 462 g/mol. The van der Waals surface area contributed by atoms with Crippen molar-refractivity contribution in [3.05, 3.63) is 29.8 Å². The highest BCUT2D eigenvalue weighted by Crippen LogP contribution is 2.41. The molecule has 1 aromatic carbocycles. The van der Waals surface area contributed by atoms with Crippen LogP contribution in [0.1, 0.15) is 20.8 Å². The van der Waals surface area contributed by atoms with Gasteiger partial charge in [0.2, 0.25) is 0 Å². The molecule has 164 valence electrons. The van der Waals surface area contributed by atoms with Gasteiger partial charge >= 0.3 is 6.09 Å². The van der Waals surface area contributed by atoms with Crippen LogP contribution in [0, 0.1) is 11.6 Å². The van der Waals surface area contributed by atoms with Crippen molar-refractivity contribution in [2.24, 2.45) is 4.99 Å². The van der Waals surface area contributed by atoms with E-state index in [1.165, 1.54) is 11.0 Å². The lowest BCUT2D eigenvalue weighted by atomic mass is 10.2. The number of halogens is 2. The molecule has 1 N–H and O–H groups in total. The van der Waals surface area contributed by atoms with E-state index in [0.717, 1.165) is 17.8 Å². The van der Waals surface area contributed by atoms with Crippen LogP contribution < -0.4 is 10.2 Å². The van der Waals surface area contributed by atoms with E-state index < -0.39 is 56.9 Å². The number of aliphatic imine (C=N–C) groups is 1. The predicted octanol–water partition coefficient (Wildman–Crippen LogP) is 2.09. The summed E-state index contributed by atoms with van der Waals surface area (Å²) in [5.41, 5.74) is -0.805. The minimum atomic E-state index is -3.33. The summed E-state index contributed by atoms with van der Waals surface area (Å²) in [5.74, 6) is -2.77. The van der Waals surface area contributed by atoms with Crippen LogP contribution in [0.25, 0.3) is 0 Å². The normalized spacial score (nSPS) is 24.0. The van der Waals surface area contributed by atoms with Crippen molar-refractivity contribution in [2.45, 2.75) is 37.7 Å². The molecule has 2 heterocycles. The van der Waals surface area contributed by atoms with Crippen LogP contribution in [0.15, 0.2) is 23.2 Å². The number of amidine groups is 1. The number of hydrogen-bond donors (Lipinski definition) is 1. The second kappa shape index (κ2) is 8.14. The summed E-state index contributed by atoms with van der Waals surface area (Å²) in [5, 5.41) is 1.94. The fourth-order valence-corrected chi connectivity index (χ4v) is 7.06. The number of fused-ring (bicyclic) bond motifs is 1. The Kier molecular flexibility index (Phi) is 6.10. The van der Waals surface area contributed by atoms with Gasteiger partial charge < -0.3 is 15.0 Å². The topological polar surface area (TPSA) is 105 Å². The van der Waals surface area contributed by atoms with Crippen LogP contribution >= 0.6 is 11.8 Å². The van der Waals surface area contributed by atoms with Crippen LogP contribution in [-0.4, -0.2) is 60.5 Å². The van der Waals surface area contributed by atoms with Crippen molar-refractivity contribution in [1.82, 2.24) is 5.32 Å². The Morgan fingerprint density at radius 1 is 1.30 bits per heavy atom. The zero-order chi connectivity index (χ0) is 22.3. The highest BCUT2D eigenvalue weighted by molar-refractivity contribution is 8.16. The maximum Gasteiger partial charge on any atom is 0.408 e. The molecule has 1 aromatic rings. The molecule has 0 unspecified atom stereocenters. The summed E-state index contributed by atoms with van der Waals surface area (Å²) in [7, 11) is -3.33. The van der Waals surface area contributed by atoms with Gasteiger partial charge in [-0.25, -0.2) is 22.0 Å². The molecule has 0 spiro atoms. The molecule has 2 fully saturated rings. The maximum absolute atomic E-state index is 14.4. The lowest BCUT2D eigenvalue weighted by Gasteiger charge is -2.25. The zero-order valence-corrected chi connectivity index (χ0v) is 18.1. The Hall–Kier alpha value is -2.21. The smallest absolute Gasteiger partial charge is 0.408 e. The fourth-order valence-electron chi connectivity index (χ4n) is 3.13. The number of nitrogens with one attached hydrogen (secondary N) is 1. The van der Waals surface area contributed by atoms with Crippen molar-refractivity contribution in [3.63, 3.8) is 0 Å². The monoisotopic (exact) mass is 461 g/mol. The first kappa shape index (κ1) is 22.5. The molecule has 2 atom stereocenters. The molecule has 0 saturated carbocycles. The second-order valence-electron chi connectivity index (χ2n) is 7.91. The van der Waals surface area contributed by atoms with Crippen molar-refractivity contribution >= 4 is 44.5 Å². The third kappa shape index (κ3) is 5.28. The molecule has 2 aliphatic heterocycles. The number of carbonyl (C=O) groups excluding carboxylic acids is 2. The van der Waals surface area contributed by atoms with Gasteiger partial charge in [0.25, 0.3) is 5.91 Å². The minimum absolute atomic E-state index is 0.0693.